The molecule has 0 aromatic heterocycles. The van der Waals surface area contributed by atoms with Gasteiger partial charge in [0, 0.05) is 12.7 Å². The summed E-state index contributed by atoms with van der Waals surface area (Å²) < 4.78 is 0. The second-order valence-electron chi connectivity index (χ2n) is 4.43. The number of nitrogens with zero attached hydrogens (tertiary/aromatic N) is 1. The van der Waals surface area contributed by atoms with Crippen LogP contribution in [-0.4, -0.2) is 19.0 Å². The molecule has 0 aliphatic rings. The van der Waals surface area contributed by atoms with Crippen molar-refractivity contribution >= 4 is 11.6 Å². The Morgan fingerprint density at radius 2 is 1.69 bits per heavy atom. The van der Waals surface area contributed by atoms with Crippen molar-refractivity contribution in [3.8, 4) is 0 Å². The molecule has 0 fully saturated rings. The van der Waals surface area contributed by atoms with E-state index in [1.54, 1.807) is 18.9 Å². The fraction of sp³-hybridized carbons (Fsp3) is 0.462. The molecule has 0 saturated carbocycles. The molecule has 1 rings (SSSR count). The van der Waals surface area contributed by atoms with Crippen LogP contribution in [0.3, 0.4) is 0 Å². The Labute approximate surface area is 97.2 Å². The Balaban J connectivity index is 2.85. The SMILES string of the molecule is CC(C)c1ccc(N(C)C(=O)[C@H](C)N)cc1. The third-order valence-electron chi connectivity index (χ3n) is 2.67. The standard InChI is InChI=1S/C13H20N2O/c1-9(2)11-5-7-12(8-6-11)15(4)13(16)10(3)14/h5-10H,14H2,1-4H3/t10-/m0/s1. The molecule has 3 heteroatoms. The molecule has 1 aromatic rings. The third-order valence-corrected chi connectivity index (χ3v) is 2.67. The largest absolute Gasteiger partial charge is 0.320 e. The van der Waals surface area contributed by atoms with Gasteiger partial charge in [-0.25, -0.2) is 0 Å². The van der Waals surface area contributed by atoms with Gasteiger partial charge in [0.25, 0.3) is 0 Å². The molecular formula is C13H20N2O. The van der Waals surface area contributed by atoms with Gasteiger partial charge in [0.1, 0.15) is 0 Å². The van der Waals surface area contributed by atoms with E-state index in [4.69, 9.17) is 5.73 Å². The predicted molar refractivity (Wildman–Crippen MR) is 67.6 cm³/mol. The Morgan fingerprint density at radius 3 is 2.06 bits per heavy atom. The first kappa shape index (κ1) is 12.7. The zero-order valence-electron chi connectivity index (χ0n) is 10.4. The van der Waals surface area contributed by atoms with Crippen LogP contribution in [0, 0.1) is 0 Å². The molecule has 16 heavy (non-hydrogen) atoms. The first-order valence-corrected chi connectivity index (χ1v) is 5.56. The molecule has 2 N–H and O–H groups in total. The summed E-state index contributed by atoms with van der Waals surface area (Å²) in [7, 11) is 1.75. The third kappa shape index (κ3) is 2.83. The van der Waals surface area contributed by atoms with Crippen molar-refractivity contribution in [1.29, 1.82) is 0 Å². The van der Waals surface area contributed by atoms with Gasteiger partial charge in [-0.2, -0.15) is 0 Å². The highest BCUT2D eigenvalue weighted by Gasteiger charge is 2.14. The molecule has 0 spiro atoms. The molecule has 0 radical (unpaired) electrons. The van der Waals surface area contributed by atoms with Gasteiger partial charge >= 0.3 is 0 Å². The first-order valence-electron chi connectivity index (χ1n) is 5.56. The van der Waals surface area contributed by atoms with Gasteiger partial charge in [0.2, 0.25) is 5.91 Å². The van der Waals surface area contributed by atoms with E-state index in [9.17, 15) is 4.79 Å². The van der Waals surface area contributed by atoms with E-state index >= 15 is 0 Å². The predicted octanol–water partition coefficient (Wildman–Crippen LogP) is 2.12. The molecule has 1 atom stereocenters. The van der Waals surface area contributed by atoms with Crippen LogP contribution in [0.2, 0.25) is 0 Å². The summed E-state index contributed by atoms with van der Waals surface area (Å²) in [5.74, 6) is 0.431. The van der Waals surface area contributed by atoms with Gasteiger partial charge in [-0.1, -0.05) is 26.0 Å². The minimum Gasteiger partial charge on any atom is -0.320 e. The molecular weight excluding hydrogens is 200 g/mol. The average Bonchev–Trinajstić information content (AvgIpc) is 2.27. The van der Waals surface area contributed by atoms with Gasteiger partial charge in [-0.05, 0) is 30.5 Å². The maximum absolute atomic E-state index is 11.7. The number of nitrogens with two attached hydrogens (primary N) is 1. The van der Waals surface area contributed by atoms with E-state index < -0.39 is 6.04 Å². The van der Waals surface area contributed by atoms with Crippen LogP contribution in [0.4, 0.5) is 5.69 Å². The molecule has 0 saturated heterocycles. The van der Waals surface area contributed by atoms with E-state index in [2.05, 4.69) is 13.8 Å². The van der Waals surface area contributed by atoms with Crippen LogP contribution in [0.1, 0.15) is 32.3 Å². The lowest BCUT2D eigenvalue weighted by Crippen LogP contribution is -2.39. The van der Waals surface area contributed by atoms with Gasteiger partial charge in [-0.15, -0.1) is 0 Å². The fourth-order valence-corrected chi connectivity index (χ4v) is 1.52. The number of likely N-dealkylation sites (N-methyl/N-ethyl adjacent to an activating group) is 1. The Kier molecular flexibility index (Phi) is 4.07. The number of hydrogen-bond donors (Lipinski definition) is 1. The monoisotopic (exact) mass is 220 g/mol. The van der Waals surface area contributed by atoms with Crippen LogP contribution < -0.4 is 10.6 Å². The lowest BCUT2D eigenvalue weighted by Gasteiger charge is -2.20. The summed E-state index contributed by atoms with van der Waals surface area (Å²) in [6, 6.07) is 7.54. The second-order valence-corrected chi connectivity index (χ2v) is 4.43. The highest BCUT2D eigenvalue weighted by Crippen LogP contribution is 2.19. The molecule has 1 amide bonds. The second kappa shape index (κ2) is 5.12. The summed E-state index contributed by atoms with van der Waals surface area (Å²) in [6.07, 6.45) is 0. The smallest absolute Gasteiger partial charge is 0.243 e. The highest BCUT2D eigenvalue weighted by molar-refractivity contribution is 5.96. The maximum atomic E-state index is 11.7. The first-order chi connectivity index (χ1) is 7.43. The summed E-state index contributed by atoms with van der Waals surface area (Å²) in [5.41, 5.74) is 7.71. The van der Waals surface area contributed by atoms with Gasteiger partial charge in [0.05, 0.1) is 6.04 Å². The molecule has 0 unspecified atom stereocenters. The van der Waals surface area contributed by atoms with Crippen LogP contribution in [-0.2, 0) is 4.79 Å². The van der Waals surface area contributed by atoms with Crippen molar-refractivity contribution in [2.75, 3.05) is 11.9 Å². The Morgan fingerprint density at radius 1 is 1.19 bits per heavy atom. The lowest BCUT2D eigenvalue weighted by molar-refractivity contribution is -0.119. The van der Waals surface area contributed by atoms with Crippen molar-refractivity contribution in [1.82, 2.24) is 0 Å². The number of carbonyl (C=O) groups excluding carboxylic acids is 1. The van der Waals surface area contributed by atoms with Crippen molar-refractivity contribution in [2.24, 2.45) is 5.73 Å². The average molecular weight is 220 g/mol. The number of hydrogen-bond acceptors (Lipinski definition) is 2. The molecule has 3 nitrogen and oxygen atoms in total. The molecule has 0 heterocycles. The summed E-state index contributed by atoms with van der Waals surface area (Å²) in [4.78, 5) is 13.3. The van der Waals surface area contributed by atoms with E-state index in [0.717, 1.165) is 5.69 Å². The molecule has 88 valence electrons. The minimum absolute atomic E-state index is 0.0719. The number of amides is 1. The van der Waals surface area contributed by atoms with Gasteiger partial charge in [-0.3, -0.25) is 4.79 Å². The number of anilines is 1. The van der Waals surface area contributed by atoms with E-state index in [0.29, 0.717) is 5.92 Å². The van der Waals surface area contributed by atoms with Gasteiger partial charge < -0.3 is 10.6 Å². The minimum atomic E-state index is -0.463. The Bertz CT molecular complexity index is 355. The van der Waals surface area contributed by atoms with Crippen molar-refractivity contribution in [3.05, 3.63) is 29.8 Å². The molecule has 0 aliphatic carbocycles. The van der Waals surface area contributed by atoms with Gasteiger partial charge in [0.15, 0.2) is 0 Å². The Hall–Kier alpha value is -1.35. The molecule has 0 aliphatic heterocycles. The van der Waals surface area contributed by atoms with Crippen LogP contribution >= 0.6 is 0 Å². The van der Waals surface area contributed by atoms with E-state index in [-0.39, 0.29) is 5.91 Å². The van der Waals surface area contributed by atoms with Crippen LogP contribution in [0.15, 0.2) is 24.3 Å². The normalized spacial score (nSPS) is 12.6. The van der Waals surface area contributed by atoms with E-state index in [1.165, 1.54) is 5.56 Å². The molecule has 0 bridgehead atoms. The van der Waals surface area contributed by atoms with Crippen LogP contribution in [0.25, 0.3) is 0 Å². The summed E-state index contributed by atoms with van der Waals surface area (Å²) >= 11 is 0. The fourth-order valence-electron chi connectivity index (χ4n) is 1.52. The van der Waals surface area contributed by atoms with Crippen molar-refractivity contribution in [3.63, 3.8) is 0 Å². The summed E-state index contributed by atoms with van der Waals surface area (Å²) in [5, 5.41) is 0. The number of benzene rings is 1. The zero-order chi connectivity index (χ0) is 12.3. The zero-order valence-corrected chi connectivity index (χ0v) is 10.4. The quantitative estimate of drug-likeness (QED) is 0.848. The van der Waals surface area contributed by atoms with E-state index in [1.807, 2.05) is 24.3 Å². The number of carbonyl (C=O) groups is 1. The number of rotatable bonds is 3. The highest BCUT2D eigenvalue weighted by atomic mass is 16.2. The molecule has 1 aromatic carbocycles. The van der Waals surface area contributed by atoms with Crippen LogP contribution in [0.5, 0.6) is 0 Å². The maximum Gasteiger partial charge on any atom is 0.243 e. The topological polar surface area (TPSA) is 46.3 Å². The van der Waals surface area contributed by atoms with Crippen molar-refractivity contribution < 1.29 is 4.79 Å². The summed E-state index contributed by atoms with van der Waals surface area (Å²) in [6.45, 7) is 5.99. The van der Waals surface area contributed by atoms with Crippen molar-refractivity contribution in [2.45, 2.75) is 32.7 Å². The lowest BCUT2D eigenvalue weighted by atomic mass is 10.0.